The molecule has 8 nitrogen and oxygen atoms in total. The van der Waals surface area contributed by atoms with Gasteiger partial charge in [-0.15, -0.1) is 0 Å². The van der Waals surface area contributed by atoms with Crippen molar-refractivity contribution in [1.29, 1.82) is 0 Å². The van der Waals surface area contributed by atoms with Gasteiger partial charge >= 0.3 is 0 Å². The van der Waals surface area contributed by atoms with Crippen LogP contribution in [0.4, 0.5) is 17.1 Å². The number of anilines is 3. The van der Waals surface area contributed by atoms with E-state index in [1.807, 2.05) is 19.9 Å². The topological polar surface area (TPSA) is 121 Å². The van der Waals surface area contributed by atoms with E-state index >= 15 is 0 Å². The summed E-state index contributed by atoms with van der Waals surface area (Å²) >= 11 is 0. The lowest BCUT2D eigenvalue weighted by atomic mass is 10.1. The van der Waals surface area contributed by atoms with Gasteiger partial charge in [0, 0.05) is 24.0 Å². The summed E-state index contributed by atoms with van der Waals surface area (Å²) in [5.74, 6) is -3.31. The molecular weight excluding hydrogens is 394 g/mol. The Bertz CT molecular complexity index is 1030. The number of sulfone groups is 1. The van der Waals surface area contributed by atoms with Gasteiger partial charge in [0.1, 0.15) is 11.5 Å². The summed E-state index contributed by atoms with van der Waals surface area (Å²) < 4.78 is 24.3. The van der Waals surface area contributed by atoms with Crippen LogP contribution in [-0.4, -0.2) is 37.6 Å². The van der Waals surface area contributed by atoms with Gasteiger partial charge in [-0.1, -0.05) is 6.07 Å². The van der Waals surface area contributed by atoms with Crippen LogP contribution in [0.25, 0.3) is 0 Å². The fourth-order valence-electron chi connectivity index (χ4n) is 2.50. The predicted octanol–water partition coefficient (Wildman–Crippen LogP) is 2.25. The Labute approximate surface area is 169 Å². The molecule has 9 heteroatoms. The summed E-state index contributed by atoms with van der Waals surface area (Å²) in [6.45, 7) is 5.18. The maximum atomic E-state index is 12.2. The maximum Gasteiger partial charge on any atom is 0.239 e. The normalized spacial score (nSPS) is 10.9. The molecular formula is C20H23N3O5S. The van der Waals surface area contributed by atoms with Gasteiger partial charge < -0.3 is 16.0 Å². The molecule has 154 valence electrons. The molecule has 0 aliphatic rings. The molecule has 3 amide bonds. The van der Waals surface area contributed by atoms with Crippen molar-refractivity contribution in [1.82, 2.24) is 0 Å². The van der Waals surface area contributed by atoms with Crippen molar-refractivity contribution < 1.29 is 22.8 Å². The van der Waals surface area contributed by atoms with Crippen molar-refractivity contribution in [3.8, 4) is 0 Å². The number of hydrogen-bond acceptors (Lipinski definition) is 5. The lowest BCUT2D eigenvalue weighted by molar-refractivity contribution is -0.115. The summed E-state index contributed by atoms with van der Waals surface area (Å²) in [6.07, 6.45) is 0. The molecule has 0 unspecified atom stereocenters. The van der Waals surface area contributed by atoms with Crippen LogP contribution in [0, 0.1) is 13.8 Å². The second-order valence-corrected chi connectivity index (χ2v) is 8.75. The van der Waals surface area contributed by atoms with Crippen molar-refractivity contribution >= 4 is 44.6 Å². The summed E-state index contributed by atoms with van der Waals surface area (Å²) in [4.78, 5) is 35.0. The number of amides is 3. The van der Waals surface area contributed by atoms with E-state index in [1.165, 1.54) is 19.1 Å². The molecule has 0 aliphatic heterocycles. The van der Waals surface area contributed by atoms with Crippen LogP contribution in [0.15, 0.2) is 42.5 Å². The van der Waals surface area contributed by atoms with E-state index in [0.29, 0.717) is 17.1 Å². The molecule has 29 heavy (non-hydrogen) atoms. The Kier molecular flexibility index (Phi) is 7.11. The SMILES string of the molecule is CC(=O)Nc1ccc(NC(=O)CS(=O)(=O)CC(=O)Nc2ccc(C)c(C)c2)cc1. The van der Waals surface area contributed by atoms with Gasteiger partial charge in [0.25, 0.3) is 0 Å². The molecule has 0 aliphatic carbocycles. The summed E-state index contributed by atoms with van der Waals surface area (Å²) in [5.41, 5.74) is 3.44. The third-order valence-electron chi connectivity index (χ3n) is 3.98. The number of carbonyl (C=O) groups excluding carboxylic acids is 3. The zero-order valence-corrected chi connectivity index (χ0v) is 17.2. The molecule has 0 spiro atoms. The van der Waals surface area contributed by atoms with Crippen LogP contribution in [0.2, 0.25) is 0 Å². The van der Waals surface area contributed by atoms with E-state index in [4.69, 9.17) is 0 Å². The molecule has 0 fully saturated rings. The van der Waals surface area contributed by atoms with E-state index in [0.717, 1.165) is 11.1 Å². The number of hydrogen-bond donors (Lipinski definition) is 3. The van der Waals surface area contributed by atoms with Crippen molar-refractivity contribution in [2.45, 2.75) is 20.8 Å². The van der Waals surface area contributed by atoms with Crippen LogP contribution in [0.5, 0.6) is 0 Å². The Morgan fingerprint density at radius 2 is 1.17 bits per heavy atom. The minimum atomic E-state index is -3.94. The first-order chi connectivity index (χ1) is 13.5. The predicted molar refractivity (Wildman–Crippen MR) is 113 cm³/mol. The van der Waals surface area contributed by atoms with Crippen molar-refractivity contribution in [3.63, 3.8) is 0 Å². The fourth-order valence-corrected chi connectivity index (χ4v) is 3.55. The van der Waals surface area contributed by atoms with Gasteiger partial charge in [0.2, 0.25) is 17.7 Å². The van der Waals surface area contributed by atoms with E-state index in [9.17, 15) is 22.8 Å². The molecule has 0 bridgehead atoms. The van der Waals surface area contributed by atoms with Gasteiger partial charge in [-0.2, -0.15) is 0 Å². The molecule has 0 saturated heterocycles. The third kappa shape index (κ3) is 7.38. The van der Waals surface area contributed by atoms with Crippen molar-refractivity contribution in [2.75, 3.05) is 27.5 Å². The molecule has 0 aromatic heterocycles. The van der Waals surface area contributed by atoms with Crippen LogP contribution in [0.3, 0.4) is 0 Å². The van der Waals surface area contributed by atoms with E-state index in [-0.39, 0.29) is 5.91 Å². The van der Waals surface area contributed by atoms with Crippen LogP contribution >= 0.6 is 0 Å². The molecule has 3 N–H and O–H groups in total. The lowest BCUT2D eigenvalue weighted by Crippen LogP contribution is -2.30. The highest BCUT2D eigenvalue weighted by atomic mass is 32.2. The van der Waals surface area contributed by atoms with Crippen LogP contribution < -0.4 is 16.0 Å². The summed E-state index contributed by atoms with van der Waals surface area (Å²) in [6, 6.07) is 11.5. The van der Waals surface area contributed by atoms with E-state index in [2.05, 4.69) is 16.0 Å². The molecule has 2 aromatic carbocycles. The lowest BCUT2D eigenvalue weighted by Gasteiger charge is -2.09. The maximum absolute atomic E-state index is 12.2. The Morgan fingerprint density at radius 1 is 0.724 bits per heavy atom. The van der Waals surface area contributed by atoms with Crippen LogP contribution in [0.1, 0.15) is 18.1 Å². The van der Waals surface area contributed by atoms with Gasteiger partial charge in [-0.25, -0.2) is 8.42 Å². The average Bonchev–Trinajstić information content (AvgIpc) is 2.58. The highest BCUT2D eigenvalue weighted by Gasteiger charge is 2.21. The van der Waals surface area contributed by atoms with Crippen molar-refractivity contribution in [2.24, 2.45) is 0 Å². The Hall–Kier alpha value is -3.20. The van der Waals surface area contributed by atoms with Gasteiger partial charge in [-0.3, -0.25) is 14.4 Å². The van der Waals surface area contributed by atoms with Crippen molar-refractivity contribution in [3.05, 3.63) is 53.6 Å². The quantitative estimate of drug-likeness (QED) is 0.638. The third-order valence-corrected chi connectivity index (χ3v) is 5.39. The number of carbonyl (C=O) groups is 3. The number of aryl methyl sites for hydroxylation is 2. The average molecular weight is 417 g/mol. The molecule has 0 heterocycles. The second-order valence-electron chi connectivity index (χ2n) is 6.69. The van der Waals surface area contributed by atoms with Gasteiger partial charge in [-0.05, 0) is 61.4 Å². The first kappa shape index (κ1) is 22.1. The minimum absolute atomic E-state index is 0.230. The first-order valence-corrected chi connectivity index (χ1v) is 10.6. The first-order valence-electron chi connectivity index (χ1n) is 8.79. The zero-order chi connectivity index (χ0) is 21.6. The van der Waals surface area contributed by atoms with Gasteiger partial charge in [0.15, 0.2) is 9.84 Å². The highest BCUT2D eigenvalue weighted by Crippen LogP contribution is 2.15. The molecule has 0 atom stereocenters. The summed E-state index contributed by atoms with van der Waals surface area (Å²) in [5, 5.41) is 7.56. The number of benzene rings is 2. The Balaban J connectivity index is 1.90. The zero-order valence-electron chi connectivity index (χ0n) is 16.4. The molecule has 2 aromatic rings. The number of rotatable bonds is 7. The minimum Gasteiger partial charge on any atom is -0.326 e. The van der Waals surface area contributed by atoms with E-state index < -0.39 is 33.2 Å². The standard InChI is InChI=1S/C20H23N3O5S/c1-13-4-5-18(10-14(13)2)23-20(26)12-29(27,28)11-19(25)22-17-8-6-16(7-9-17)21-15(3)24/h4-10H,11-12H2,1-3H3,(H,21,24)(H,22,25)(H,23,26). The fraction of sp³-hybridized carbons (Fsp3) is 0.250. The van der Waals surface area contributed by atoms with E-state index in [1.54, 1.807) is 24.3 Å². The molecule has 0 radical (unpaired) electrons. The second kappa shape index (κ2) is 9.33. The van der Waals surface area contributed by atoms with Crippen LogP contribution in [-0.2, 0) is 24.2 Å². The van der Waals surface area contributed by atoms with Gasteiger partial charge in [0.05, 0.1) is 0 Å². The Morgan fingerprint density at radius 3 is 1.66 bits per heavy atom. The monoisotopic (exact) mass is 417 g/mol. The molecule has 0 saturated carbocycles. The number of nitrogens with one attached hydrogen (secondary N) is 3. The highest BCUT2D eigenvalue weighted by molar-refractivity contribution is 7.92. The smallest absolute Gasteiger partial charge is 0.239 e. The summed E-state index contributed by atoms with van der Waals surface area (Å²) in [7, 11) is -3.94. The molecule has 2 rings (SSSR count). The largest absolute Gasteiger partial charge is 0.326 e.